The van der Waals surface area contributed by atoms with Gasteiger partial charge in [0, 0.05) is 30.1 Å². The Balaban J connectivity index is 1.73. The molecule has 0 saturated heterocycles. The first-order valence-electron chi connectivity index (χ1n) is 9.09. The summed E-state index contributed by atoms with van der Waals surface area (Å²) in [5.74, 6) is -0.408. The first kappa shape index (κ1) is 18.8. The molecule has 0 aliphatic rings. The van der Waals surface area contributed by atoms with E-state index in [2.05, 4.69) is 29.3 Å². The number of non-ortho nitro benzene ring substituents is 1. The third-order valence-electron chi connectivity index (χ3n) is 4.60. The van der Waals surface area contributed by atoms with E-state index in [9.17, 15) is 14.9 Å². The molecule has 144 valence electrons. The number of benzene rings is 3. The number of nitro groups is 1. The van der Waals surface area contributed by atoms with Gasteiger partial charge >= 0.3 is 0 Å². The molecule has 7 heteroatoms. The maximum atomic E-state index is 12.4. The average molecular weight is 403 g/mol. The Morgan fingerprint density at radius 2 is 2.00 bits per heavy atom. The third kappa shape index (κ3) is 3.72. The molecule has 1 amide bonds. The molecule has 0 bridgehead atoms. The molecule has 0 aliphatic carbocycles. The van der Waals surface area contributed by atoms with Crippen molar-refractivity contribution in [2.75, 3.05) is 0 Å². The van der Waals surface area contributed by atoms with Gasteiger partial charge in [-0.15, -0.1) is 0 Å². The standard InChI is InChI=1S/C22H17N3O3S/c1-2-24-19-12-11-16-7-3-4-9-18(16)21(19)29-22(24)23-20(26)13-10-15-6-5-8-17(14-15)25(27)28/h3-14H,2H2,1H3. The molecule has 4 rings (SSSR count). The molecule has 29 heavy (non-hydrogen) atoms. The van der Waals surface area contributed by atoms with Gasteiger partial charge in [-0.2, -0.15) is 4.99 Å². The van der Waals surface area contributed by atoms with E-state index in [1.807, 2.05) is 23.6 Å². The fraction of sp³-hybridized carbons (Fsp3) is 0.0909. The summed E-state index contributed by atoms with van der Waals surface area (Å²) < 4.78 is 3.12. The van der Waals surface area contributed by atoms with Crippen LogP contribution in [0.25, 0.3) is 27.1 Å². The van der Waals surface area contributed by atoms with Crippen LogP contribution in [-0.2, 0) is 11.3 Å². The molecule has 0 N–H and O–H groups in total. The summed E-state index contributed by atoms with van der Waals surface area (Å²) in [4.78, 5) is 27.7. The Kier molecular flexibility index (Phi) is 5.05. The molecule has 3 aromatic carbocycles. The highest BCUT2D eigenvalue weighted by Crippen LogP contribution is 2.27. The molecule has 6 nitrogen and oxygen atoms in total. The number of aryl methyl sites for hydroxylation is 1. The van der Waals surface area contributed by atoms with Crippen LogP contribution in [0, 0.1) is 10.1 Å². The van der Waals surface area contributed by atoms with Crippen LogP contribution >= 0.6 is 11.3 Å². The number of fused-ring (bicyclic) bond motifs is 3. The van der Waals surface area contributed by atoms with E-state index in [0.717, 1.165) is 21.0 Å². The Bertz CT molecular complexity index is 1350. The molecule has 1 aromatic heterocycles. The average Bonchev–Trinajstić information content (AvgIpc) is 3.09. The Morgan fingerprint density at radius 1 is 1.17 bits per heavy atom. The second-order valence-electron chi connectivity index (χ2n) is 6.40. The van der Waals surface area contributed by atoms with Crippen molar-refractivity contribution in [1.82, 2.24) is 4.57 Å². The van der Waals surface area contributed by atoms with Crippen LogP contribution in [0.5, 0.6) is 0 Å². The van der Waals surface area contributed by atoms with Crippen molar-refractivity contribution in [2.24, 2.45) is 4.99 Å². The summed E-state index contributed by atoms with van der Waals surface area (Å²) in [6, 6.07) is 18.4. The molecule has 0 fully saturated rings. The first-order chi connectivity index (χ1) is 14.1. The minimum atomic E-state index is -0.463. The van der Waals surface area contributed by atoms with E-state index < -0.39 is 10.8 Å². The van der Waals surface area contributed by atoms with Crippen LogP contribution in [0.3, 0.4) is 0 Å². The Morgan fingerprint density at radius 3 is 2.79 bits per heavy atom. The molecule has 0 atom stereocenters. The molecule has 0 radical (unpaired) electrons. The number of thiazole rings is 1. The highest BCUT2D eigenvalue weighted by molar-refractivity contribution is 7.17. The third-order valence-corrected chi connectivity index (χ3v) is 5.72. The van der Waals surface area contributed by atoms with Gasteiger partial charge in [-0.1, -0.05) is 53.8 Å². The van der Waals surface area contributed by atoms with Crippen LogP contribution in [0.1, 0.15) is 12.5 Å². The summed E-state index contributed by atoms with van der Waals surface area (Å²) in [7, 11) is 0. The van der Waals surface area contributed by atoms with Crippen LogP contribution in [-0.4, -0.2) is 15.4 Å². The number of rotatable bonds is 4. The van der Waals surface area contributed by atoms with Gasteiger partial charge in [0.25, 0.3) is 11.6 Å². The molecule has 4 aromatic rings. The van der Waals surface area contributed by atoms with Crippen molar-refractivity contribution >= 4 is 50.0 Å². The van der Waals surface area contributed by atoms with Gasteiger partial charge in [0.1, 0.15) is 0 Å². The summed E-state index contributed by atoms with van der Waals surface area (Å²) >= 11 is 1.49. The van der Waals surface area contributed by atoms with Crippen molar-refractivity contribution in [2.45, 2.75) is 13.5 Å². The highest BCUT2D eigenvalue weighted by atomic mass is 32.1. The summed E-state index contributed by atoms with van der Waals surface area (Å²) in [5, 5.41) is 13.2. The number of hydrogen-bond donors (Lipinski definition) is 0. The van der Waals surface area contributed by atoms with Crippen molar-refractivity contribution in [3.8, 4) is 0 Å². The number of nitro benzene ring substituents is 1. The van der Waals surface area contributed by atoms with Crippen LogP contribution in [0.4, 0.5) is 5.69 Å². The monoisotopic (exact) mass is 403 g/mol. The second kappa shape index (κ2) is 7.81. The molecule has 0 spiro atoms. The van der Waals surface area contributed by atoms with E-state index in [1.165, 1.54) is 35.6 Å². The fourth-order valence-electron chi connectivity index (χ4n) is 3.23. The SMILES string of the molecule is CCn1c(=NC(=O)C=Cc2cccc([N+](=O)[O-])c2)sc2c3ccccc3ccc21. The molecular formula is C22H17N3O3S. The summed E-state index contributed by atoms with van der Waals surface area (Å²) in [6.07, 6.45) is 2.87. The number of aromatic nitrogens is 1. The predicted octanol–water partition coefficient (Wildman–Crippen LogP) is 4.92. The van der Waals surface area contributed by atoms with Crippen LogP contribution in [0.15, 0.2) is 71.7 Å². The zero-order valence-corrected chi connectivity index (χ0v) is 16.4. The summed E-state index contributed by atoms with van der Waals surface area (Å²) in [5.41, 5.74) is 1.61. The lowest BCUT2D eigenvalue weighted by Gasteiger charge is -2.02. The lowest BCUT2D eigenvalue weighted by Crippen LogP contribution is -2.15. The lowest BCUT2D eigenvalue weighted by atomic mass is 10.1. The predicted molar refractivity (Wildman–Crippen MR) is 116 cm³/mol. The molecular weight excluding hydrogens is 386 g/mol. The van der Waals surface area contributed by atoms with E-state index >= 15 is 0 Å². The number of hydrogen-bond acceptors (Lipinski definition) is 4. The quantitative estimate of drug-likeness (QED) is 0.275. The fourth-order valence-corrected chi connectivity index (χ4v) is 4.47. The van der Waals surface area contributed by atoms with Gasteiger partial charge in [-0.25, -0.2) is 0 Å². The highest BCUT2D eigenvalue weighted by Gasteiger charge is 2.09. The summed E-state index contributed by atoms with van der Waals surface area (Å²) in [6.45, 7) is 2.71. The lowest BCUT2D eigenvalue weighted by molar-refractivity contribution is -0.384. The van der Waals surface area contributed by atoms with Crippen molar-refractivity contribution in [3.63, 3.8) is 0 Å². The van der Waals surface area contributed by atoms with E-state index in [1.54, 1.807) is 12.1 Å². The van der Waals surface area contributed by atoms with Crippen LogP contribution in [0.2, 0.25) is 0 Å². The minimum absolute atomic E-state index is 0.0169. The van der Waals surface area contributed by atoms with Crippen molar-refractivity contribution < 1.29 is 9.72 Å². The van der Waals surface area contributed by atoms with Gasteiger partial charge in [0.15, 0.2) is 4.80 Å². The van der Waals surface area contributed by atoms with Gasteiger partial charge in [0.05, 0.1) is 15.1 Å². The molecule has 0 aliphatic heterocycles. The number of carbonyl (C=O) groups is 1. The van der Waals surface area contributed by atoms with E-state index in [0.29, 0.717) is 16.9 Å². The topological polar surface area (TPSA) is 77.5 Å². The Hall–Kier alpha value is -3.58. The van der Waals surface area contributed by atoms with Crippen LogP contribution < -0.4 is 4.80 Å². The normalized spacial score (nSPS) is 12.2. The van der Waals surface area contributed by atoms with Crippen molar-refractivity contribution in [3.05, 3.63) is 87.2 Å². The number of carbonyl (C=O) groups excluding carboxylic acids is 1. The van der Waals surface area contributed by atoms with Gasteiger partial charge < -0.3 is 4.57 Å². The number of amides is 1. The molecule has 0 unspecified atom stereocenters. The van der Waals surface area contributed by atoms with E-state index in [-0.39, 0.29) is 5.69 Å². The van der Waals surface area contributed by atoms with Crippen molar-refractivity contribution in [1.29, 1.82) is 0 Å². The molecule has 1 heterocycles. The maximum Gasteiger partial charge on any atom is 0.272 e. The number of nitrogens with zero attached hydrogens (tertiary/aromatic N) is 3. The van der Waals surface area contributed by atoms with Gasteiger partial charge in [-0.05, 0) is 30.0 Å². The largest absolute Gasteiger partial charge is 0.317 e. The smallest absolute Gasteiger partial charge is 0.272 e. The zero-order chi connectivity index (χ0) is 20.4. The zero-order valence-electron chi connectivity index (χ0n) is 15.6. The maximum absolute atomic E-state index is 12.4. The van der Waals surface area contributed by atoms with Gasteiger partial charge in [0.2, 0.25) is 0 Å². The second-order valence-corrected chi connectivity index (χ2v) is 7.38. The Labute approximate surface area is 170 Å². The minimum Gasteiger partial charge on any atom is -0.317 e. The first-order valence-corrected chi connectivity index (χ1v) is 9.91. The van der Waals surface area contributed by atoms with Gasteiger partial charge in [-0.3, -0.25) is 14.9 Å². The van der Waals surface area contributed by atoms with E-state index in [4.69, 9.17) is 0 Å². The molecule has 0 saturated carbocycles.